The average molecular weight is 319 g/mol. The van der Waals surface area contributed by atoms with Crippen molar-refractivity contribution >= 4 is 22.9 Å². The Morgan fingerprint density at radius 3 is 2.70 bits per heavy atom. The minimum absolute atomic E-state index is 0.0414. The van der Waals surface area contributed by atoms with E-state index in [9.17, 15) is 14.9 Å². The summed E-state index contributed by atoms with van der Waals surface area (Å²) < 4.78 is 0. The van der Waals surface area contributed by atoms with Crippen LogP contribution in [-0.4, -0.2) is 29.0 Å². The van der Waals surface area contributed by atoms with Gasteiger partial charge in [-0.25, -0.2) is 4.79 Å². The van der Waals surface area contributed by atoms with Crippen molar-refractivity contribution in [2.75, 3.05) is 18.8 Å². The van der Waals surface area contributed by atoms with Crippen LogP contribution >= 0.6 is 0 Å². The fourth-order valence-corrected chi connectivity index (χ4v) is 2.21. The molecule has 0 saturated carbocycles. The second kappa shape index (κ2) is 6.37. The highest BCUT2D eigenvalue weighted by Crippen LogP contribution is 2.31. The third-order valence-electron chi connectivity index (χ3n) is 3.50. The molecule has 1 aromatic carbocycles. The molecule has 0 unspecified atom stereocenters. The molecule has 0 fully saturated rings. The highest BCUT2D eigenvalue weighted by molar-refractivity contribution is 5.77. The van der Waals surface area contributed by atoms with Crippen LogP contribution in [0.5, 0.6) is 0 Å². The van der Waals surface area contributed by atoms with Gasteiger partial charge in [-0.3, -0.25) is 10.1 Å². The number of hydrogen-bond acceptors (Lipinski definition) is 6. The van der Waals surface area contributed by atoms with Crippen LogP contribution in [0.25, 0.3) is 5.57 Å². The topological polar surface area (TPSA) is 98.7 Å². The maximum atomic E-state index is 12.0. The van der Waals surface area contributed by atoms with E-state index >= 15 is 0 Å². The van der Waals surface area contributed by atoms with Crippen LogP contribution in [-0.2, 0) is 9.63 Å². The number of rotatable bonds is 3. The van der Waals surface area contributed by atoms with Crippen molar-refractivity contribution in [1.82, 2.24) is 5.06 Å². The van der Waals surface area contributed by atoms with E-state index in [1.807, 2.05) is 6.08 Å². The van der Waals surface area contributed by atoms with Gasteiger partial charge in [0.25, 0.3) is 5.69 Å². The Bertz CT molecular complexity index is 662. The second-order valence-electron chi connectivity index (χ2n) is 6.54. The first-order valence-corrected chi connectivity index (χ1v) is 7.39. The van der Waals surface area contributed by atoms with E-state index < -0.39 is 10.3 Å². The zero-order valence-electron chi connectivity index (χ0n) is 13.5. The van der Waals surface area contributed by atoms with Gasteiger partial charge in [0.15, 0.2) is 0 Å². The normalized spacial score (nSPS) is 15.9. The molecular formula is C16H21N3O4. The third-order valence-corrected chi connectivity index (χ3v) is 3.50. The van der Waals surface area contributed by atoms with Crippen molar-refractivity contribution in [3.8, 4) is 0 Å². The summed E-state index contributed by atoms with van der Waals surface area (Å²) in [4.78, 5) is 28.2. The monoisotopic (exact) mass is 319 g/mol. The van der Waals surface area contributed by atoms with Gasteiger partial charge in [0.1, 0.15) is 0 Å². The van der Waals surface area contributed by atoms with Crippen molar-refractivity contribution in [3.63, 3.8) is 0 Å². The maximum Gasteiger partial charge on any atom is 0.330 e. The van der Waals surface area contributed by atoms with Crippen molar-refractivity contribution in [3.05, 3.63) is 40.0 Å². The Hall–Kier alpha value is -2.41. The molecule has 0 atom stereocenters. The van der Waals surface area contributed by atoms with Crippen LogP contribution in [0.3, 0.4) is 0 Å². The van der Waals surface area contributed by atoms with Gasteiger partial charge in [-0.15, -0.1) is 5.06 Å². The molecule has 7 heteroatoms. The summed E-state index contributed by atoms with van der Waals surface area (Å²) in [6.45, 7) is 6.21. The fourth-order valence-electron chi connectivity index (χ4n) is 2.21. The third kappa shape index (κ3) is 4.07. The number of nitro benzene ring substituents is 1. The number of carbonyl (C=O) groups is 1. The summed E-state index contributed by atoms with van der Waals surface area (Å²) in [5, 5.41) is 12.8. The van der Waals surface area contributed by atoms with Gasteiger partial charge in [0, 0.05) is 18.3 Å². The van der Waals surface area contributed by atoms with Crippen LogP contribution in [0.4, 0.5) is 11.4 Å². The number of anilines is 1. The summed E-state index contributed by atoms with van der Waals surface area (Å²) in [6, 6.07) is 4.61. The number of nitrogen functional groups attached to an aromatic ring is 1. The summed E-state index contributed by atoms with van der Waals surface area (Å²) in [5.41, 5.74) is 6.58. The lowest BCUT2D eigenvalue weighted by Crippen LogP contribution is -2.36. The molecule has 2 N–H and O–H groups in total. The lowest BCUT2D eigenvalue weighted by molar-refractivity contribution is -0.385. The molecule has 0 saturated heterocycles. The molecule has 0 spiro atoms. The Kier molecular flexibility index (Phi) is 4.70. The van der Waals surface area contributed by atoms with Gasteiger partial charge in [-0.1, -0.05) is 6.08 Å². The summed E-state index contributed by atoms with van der Waals surface area (Å²) in [5.74, 6) is -0.328. The van der Waals surface area contributed by atoms with E-state index in [1.54, 1.807) is 38.0 Å². The summed E-state index contributed by atoms with van der Waals surface area (Å²) in [6.07, 6.45) is 2.58. The molecule has 124 valence electrons. The van der Waals surface area contributed by atoms with E-state index in [0.717, 1.165) is 5.57 Å². The van der Waals surface area contributed by atoms with Crippen molar-refractivity contribution in [2.24, 2.45) is 5.41 Å². The SMILES string of the molecule is CC(C)(C)C(=O)ON1CCC=C(c2ccc(N)cc2[N+](=O)[O-])C1. The van der Waals surface area contributed by atoms with Crippen LogP contribution in [0, 0.1) is 15.5 Å². The standard InChI is InChI=1S/C16H21N3O4/c1-16(2,3)15(20)23-18-8-4-5-11(10-18)13-7-6-12(17)9-14(13)19(21)22/h5-7,9H,4,8,10,17H2,1-3H3. The molecule has 23 heavy (non-hydrogen) atoms. The van der Waals surface area contributed by atoms with Crippen LogP contribution in [0.1, 0.15) is 32.8 Å². The maximum absolute atomic E-state index is 12.0. The zero-order valence-corrected chi connectivity index (χ0v) is 13.5. The predicted molar refractivity (Wildman–Crippen MR) is 87.2 cm³/mol. The van der Waals surface area contributed by atoms with Crippen LogP contribution < -0.4 is 5.73 Å². The van der Waals surface area contributed by atoms with Crippen molar-refractivity contribution in [2.45, 2.75) is 27.2 Å². The van der Waals surface area contributed by atoms with Crippen molar-refractivity contribution in [1.29, 1.82) is 0 Å². The van der Waals surface area contributed by atoms with Gasteiger partial charge < -0.3 is 10.6 Å². The largest absolute Gasteiger partial charge is 0.399 e. The van der Waals surface area contributed by atoms with Gasteiger partial charge in [-0.2, -0.15) is 0 Å². The first-order valence-electron chi connectivity index (χ1n) is 7.39. The highest BCUT2D eigenvalue weighted by Gasteiger charge is 2.28. The predicted octanol–water partition coefficient (Wildman–Crippen LogP) is 2.77. The van der Waals surface area contributed by atoms with E-state index in [0.29, 0.717) is 30.8 Å². The number of carbonyl (C=O) groups excluding carboxylic acids is 1. The van der Waals surface area contributed by atoms with Gasteiger partial charge >= 0.3 is 5.97 Å². The van der Waals surface area contributed by atoms with E-state index in [-0.39, 0.29) is 11.7 Å². The molecule has 1 aromatic rings. The quantitative estimate of drug-likeness (QED) is 0.522. The number of nitrogens with two attached hydrogens (primary N) is 1. The lowest BCUT2D eigenvalue weighted by atomic mass is 9.97. The Morgan fingerprint density at radius 1 is 1.39 bits per heavy atom. The number of benzene rings is 1. The van der Waals surface area contributed by atoms with Crippen molar-refractivity contribution < 1.29 is 14.6 Å². The zero-order chi connectivity index (χ0) is 17.2. The Labute approximate surface area is 134 Å². The highest BCUT2D eigenvalue weighted by atomic mass is 16.7. The fraction of sp³-hybridized carbons (Fsp3) is 0.438. The Morgan fingerprint density at radius 2 is 2.09 bits per heavy atom. The number of nitro groups is 1. The summed E-state index contributed by atoms with van der Waals surface area (Å²) in [7, 11) is 0. The molecule has 1 aliphatic heterocycles. The average Bonchev–Trinajstić information content (AvgIpc) is 2.46. The Balaban J connectivity index is 2.21. The number of hydroxylamine groups is 2. The second-order valence-corrected chi connectivity index (χ2v) is 6.54. The molecular weight excluding hydrogens is 298 g/mol. The van der Waals surface area contributed by atoms with E-state index in [2.05, 4.69) is 0 Å². The smallest absolute Gasteiger partial charge is 0.330 e. The molecule has 2 rings (SSSR count). The van der Waals surface area contributed by atoms with Gasteiger partial charge in [0.05, 0.1) is 22.4 Å². The van der Waals surface area contributed by atoms with Crippen LogP contribution in [0.15, 0.2) is 24.3 Å². The van der Waals surface area contributed by atoms with E-state index in [4.69, 9.17) is 10.6 Å². The molecule has 0 radical (unpaired) electrons. The van der Waals surface area contributed by atoms with Gasteiger partial charge in [-0.05, 0) is 44.9 Å². The molecule has 1 heterocycles. The van der Waals surface area contributed by atoms with E-state index in [1.165, 1.54) is 6.07 Å². The first kappa shape index (κ1) is 17.0. The molecule has 0 aromatic heterocycles. The molecule has 7 nitrogen and oxygen atoms in total. The van der Waals surface area contributed by atoms with Gasteiger partial charge in [0.2, 0.25) is 0 Å². The number of hydrogen-bond donors (Lipinski definition) is 1. The number of nitrogens with zero attached hydrogens (tertiary/aromatic N) is 2. The minimum atomic E-state index is -0.603. The van der Waals surface area contributed by atoms with Crippen LogP contribution in [0.2, 0.25) is 0 Å². The molecule has 0 bridgehead atoms. The molecule has 0 amide bonds. The minimum Gasteiger partial charge on any atom is -0.399 e. The molecule has 1 aliphatic rings. The molecule has 0 aliphatic carbocycles. The lowest BCUT2D eigenvalue weighted by Gasteiger charge is -2.28. The summed E-state index contributed by atoms with van der Waals surface area (Å²) >= 11 is 0. The first-order chi connectivity index (χ1) is 10.7.